The highest BCUT2D eigenvalue weighted by atomic mass is 16.5. The topological polar surface area (TPSA) is 81.7 Å². The van der Waals surface area contributed by atoms with Crippen LogP contribution in [0.2, 0.25) is 0 Å². The Balaban J connectivity index is 1.63. The van der Waals surface area contributed by atoms with E-state index in [1.165, 1.54) is 51.7 Å². The summed E-state index contributed by atoms with van der Waals surface area (Å²) in [5, 5.41) is 2.95. The lowest BCUT2D eigenvalue weighted by atomic mass is 9.49. The summed E-state index contributed by atoms with van der Waals surface area (Å²) in [6.07, 6.45) is 6.52. The number of amides is 1. The van der Waals surface area contributed by atoms with E-state index in [1.54, 1.807) is 0 Å². The van der Waals surface area contributed by atoms with E-state index in [4.69, 9.17) is 9.47 Å². The fourth-order valence-electron chi connectivity index (χ4n) is 5.82. The molecule has 0 unspecified atom stereocenters. The second-order valence-electron chi connectivity index (χ2n) is 8.40. The van der Waals surface area contributed by atoms with Crippen LogP contribution < -0.4 is 5.32 Å². The molecular weight excluding hydrogens is 346 g/mol. The van der Waals surface area contributed by atoms with Gasteiger partial charge in [0, 0.05) is 0 Å². The minimum Gasteiger partial charge on any atom is -0.465 e. The van der Waals surface area contributed by atoms with Gasteiger partial charge in [0.2, 0.25) is 5.91 Å². The Hall–Kier alpha value is -2.37. The van der Waals surface area contributed by atoms with Crippen molar-refractivity contribution in [3.63, 3.8) is 0 Å². The number of carbonyl (C=O) groups excluding carboxylic acids is 3. The Morgan fingerprint density at radius 2 is 1.48 bits per heavy atom. The largest absolute Gasteiger partial charge is 0.465 e. The molecule has 1 aromatic rings. The fourth-order valence-corrected chi connectivity index (χ4v) is 5.82. The Labute approximate surface area is 158 Å². The van der Waals surface area contributed by atoms with Gasteiger partial charge in [-0.15, -0.1) is 0 Å². The summed E-state index contributed by atoms with van der Waals surface area (Å²) >= 11 is 0. The van der Waals surface area contributed by atoms with Gasteiger partial charge in [-0.25, -0.2) is 9.59 Å². The van der Waals surface area contributed by atoms with E-state index in [0.29, 0.717) is 23.4 Å². The lowest BCUT2D eigenvalue weighted by Crippen LogP contribution is -2.51. The van der Waals surface area contributed by atoms with Gasteiger partial charge < -0.3 is 14.8 Å². The summed E-state index contributed by atoms with van der Waals surface area (Å²) in [4.78, 5) is 37.3. The molecule has 27 heavy (non-hydrogen) atoms. The van der Waals surface area contributed by atoms with Crippen LogP contribution in [0.5, 0.6) is 0 Å². The molecule has 0 saturated heterocycles. The van der Waals surface area contributed by atoms with E-state index in [9.17, 15) is 14.4 Å². The van der Waals surface area contributed by atoms with Crippen molar-refractivity contribution in [2.75, 3.05) is 19.5 Å². The van der Waals surface area contributed by atoms with E-state index in [0.717, 1.165) is 19.3 Å². The van der Waals surface area contributed by atoms with Crippen LogP contribution in [0.3, 0.4) is 0 Å². The molecule has 5 rings (SSSR count). The van der Waals surface area contributed by atoms with Gasteiger partial charge in [-0.2, -0.15) is 0 Å². The lowest BCUT2D eigenvalue weighted by Gasteiger charge is -2.55. The zero-order valence-corrected chi connectivity index (χ0v) is 15.7. The quantitative estimate of drug-likeness (QED) is 0.820. The zero-order chi connectivity index (χ0) is 19.2. The minimum absolute atomic E-state index is 0.0335. The third kappa shape index (κ3) is 3.11. The van der Waals surface area contributed by atoms with Crippen molar-refractivity contribution in [3.05, 3.63) is 29.3 Å². The summed E-state index contributed by atoms with van der Waals surface area (Å²) in [6, 6.07) is 4.49. The van der Waals surface area contributed by atoms with E-state index < -0.39 is 11.9 Å². The molecule has 4 saturated carbocycles. The van der Waals surface area contributed by atoms with E-state index in [2.05, 4.69) is 5.32 Å². The van der Waals surface area contributed by atoms with Gasteiger partial charge in [-0.1, -0.05) is 0 Å². The van der Waals surface area contributed by atoms with E-state index in [-0.39, 0.29) is 22.4 Å². The van der Waals surface area contributed by atoms with Crippen molar-refractivity contribution in [1.29, 1.82) is 0 Å². The van der Waals surface area contributed by atoms with Crippen molar-refractivity contribution in [1.82, 2.24) is 0 Å². The minimum atomic E-state index is -0.549. The van der Waals surface area contributed by atoms with Crippen LogP contribution in [-0.4, -0.2) is 32.1 Å². The molecule has 4 bridgehead atoms. The first-order valence-electron chi connectivity index (χ1n) is 9.56. The van der Waals surface area contributed by atoms with Gasteiger partial charge in [0.1, 0.15) is 0 Å². The number of esters is 2. The van der Waals surface area contributed by atoms with Gasteiger partial charge in [0.05, 0.1) is 36.4 Å². The van der Waals surface area contributed by atoms with Gasteiger partial charge in [0.25, 0.3) is 0 Å². The number of methoxy groups -OCH3 is 2. The maximum atomic E-state index is 13.3. The van der Waals surface area contributed by atoms with E-state index in [1.807, 2.05) is 0 Å². The van der Waals surface area contributed by atoms with Gasteiger partial charge >= 0.3 is 11.9 Å². The Morgan fingerprint density at radius 3 is 2.00 bits per heavy atom. The van der Waals surface area contributed by atoms with Crippen LogP contribution in [0.1, 0.15) is 59.2 Å². The number of hydrogen-bond acceptors (Lipinski definition) is 5. The van der Waals surface area contributed by atoms with Crippen molar-refractivity contribution in [2.24, 2.45) is 23.2 Å². The number of nitrogens with one attached hydrogen (secondary N) is 1. The highest BCUT2D eigenvalue weighted by Crippen LogP contribution is 2.60. The first kappa shape index (κ1) is 18.0. The van der Waals surface area contributed by atoms with Gasteiger partial charge in [0.15, 0.2) is 0 Å². The number of anilines is 1. The lowest BCUT2D eigenvalue weighted by molar-refractivity contribution is -0.140. The second kappa shape index (κ2) is 6.66. The molecule has 6 heteroatoms. The maximum absolute atomic E-state index is 13.3. The molecule has 0 spiro atoms. The normalized spacial score (nSPS) is 30.7. The monoisotopic (exact) mass is 371 g/mol. The number of carbonyl (C=O) groups is 3. The number of ether oxygens (including phenoxy) is 2. The number of hydrogen-bond donors (Lipinski definition) is 1. The third-order valence-corrected chi connectivity index (χ3v) is 6.61. The molecule has 0 aliphatic heterocycles. The average molecular weight is 371 g/mol. The van der Waals surface area contributed by atoms with Crippen LogP contribution in [0.4, 0.5) is 5.69 Å². The summed E-state index contributed by atoms with van der Waals surface area (Å²) < 4.78 is 9.58. The molecule has 4 aliphatic rings. The first-order valence-corrected chi connectivity index (χ1v) is 9.56. The van der Waals surface area contributed by atoms with Crippen molar-refractivity contribution in [2.45, 2.75) is 38.5 Å². The SMILES string of the molecule is COC(=O)c1ccc(C(=O)OC)c(NC(=O)C23CC4CC(CC(C4)C2)C3)c1. The van der Waals surface area contributed by atoms with Gasteiger partial charge in [-0.3, -0.25) is 4.79 Å². The summed E-state index contributed by atoms with van der Waals surface area (Å²) in [6.45, 7) is 0. The molecule has 4 aliphatic carbocycles. The number of rotatable bonds is 4. The first-order chi connectivity index (χ1) is 12.9. The van der Waals surface area contributed by atoms with Crippen molar-refractivity contribution in [3.8, 4) is 0 Å². The molecule has 4 fully saturated rings. The van der Waals surface area contributed by atoms with Crippen LogP contribution in [0.25, 0.3) is 0 Å². The average Bonchev–Trinajstić information content (AvgIpc) is 2.65. The summed E-state index contributed by atoms with van der Waals surface area (Å²) in [5.74, 6) is 0.827. The predicted octanol–water partition coefficient (Wildman–Crippen LogP) is 3.41. The molecule has 0 atom stereocenters. The molecule has 0 aromatic heterocycles. The Morgan fingerprint density at radius 1 is 0.926 bits per heavy atom. The molecule has 0 heterocycles. The van der Waals surface area contributed by atoms with E-state index >= 15 is 0 Å². The fraction of sp³-hybridized carbons (Fsp3) is 0.571. The highest BCUT2D eigenvalue weighted by molar-refractivity contribution is 6.04. The van der Waals surface area contributed by atoms with Crippen LogP contribution in [-0.2, 0) is 14.3 Å². The zero-order valence-electron chi connectivity index (χ0n) is 15.7. The second-order valence-corrected chi connectivity index (χ2v) is 8.40. The van der Waals surface area contributed by atoms with Crippen molar-refractivity contribution >= 4 is 23.5 Å². The molecule has 1 aromatic carbocycles. The molecule has 1 N–H and O–H groups in total. The third-order valence-electron chi connectivity index (χ3n) is 6.61. The Bertz CT molecular complexity index is 764. The van der Waals surface area contributed by atoms with Crippen molar-refractivity contribution < 1.29 is 23.9 Å². The smallest absolute Gasteiger partial charge is 0.339 e. The van der Waals surface area contributed by atoms with Crippen LogP contribution >= 0.6 is 0 Å². The molecule has 144 valence electrons. The Kier molecular flexibility index (Phi) is 4.44. The highest BCUT2D eigenvalue weighted by Gasteiger charge is 2.54. The van der Waals surface area contributed by atoms with Gasteiger partial charge in [-0.05, 0) is 74.5 Å². The molecular formula is C21H25NO5. The standard InChI is InChI=1S/C21H25NO5/c1-26-18(23)15-3-4-16(19(24)27-2)17(8-15)22-20(25)21-9-12-5-13(10-21)7-14(6-12)11-21/h3-4,8,12-14H,5-7,9-11H2,1-2H3,(H,22,25). The molecule has 0 radical (unpaired) electrons. The summed E-state index contributed by atoms with van der Waals surface area (Å²) in [7, 11) is 2.59. The molecule has 6 nitrogen and oxygen atoms in total. The maximum Gasteiger partial charge on any atom is 0.339 e. The number of benzene rings is 1. The summed E-state index contributed by atoms with van der Waals surface area (Å²) in [5.41, 5.74) is 0.489. The molecule has 1 amide bonds. The predicted molar refractivity (Wildman–Crippen MR) is 98.4 cm³/mol. The van der Waals surface area contributed by atoms with Crippen LogP contribution in [0, 0.1) is 23.2 Å². The van der Waals surface area contributed by atoms with Crippen LogP contribution in [0.15, 0.2) is 18.2 Å².